The Kier molecular flexibility index (Phi) is 6.18. The lowest BCUT2D eigenvalue weighted by Gasteiger charge is -2.11. The summed E-state index contributed by atoms with van der Waals surface area (Å²) >= 11 is 0. The van der Waals surface area contributed by atoms with Crippen molar-refractivity contribution in [3.8, 4) is 0 Å². The van der Waals surface area contributed by atoms with Crippen LogP contribution in [0.3, 0.4) is 0 Å². The zero-order valence-electron chi connectivity index (χ0n) is 17.6. The van der Waals surface area contributed by atoms with E-state index in [9.17, 15) is 23.5 Å². The molecule has 2 N–H and O–H groups in total. The number of benzene rings is 2. The lowest BCUT2D eigenvalue weighted by Crippen LogP contribution is -2.21. The highest BCUT2D eigenvalue weighted by atomic mass is 19.3. The molecule has 0 bridgehead atoms. The van der Waals surface area contributed by atoms with Crippen molar-refractivity contribution >= 4 is 28.8 Å². The van der Waals surface area contributed by atoms with Gasteiger partial charge >= 0.3 is 0 Å². The molecular weight excluding hydrogens is 418 g/mol. The number of amides is 2. The minimum absolute atomic E-state index is 0.0372. The van der Waals surface area contributed by atoms with Crippen LogP contribution in [-0.4, -0.2) is 51.6 Å². The second-order valence-electron chi connectivity index (χ2n) is 7.89. The first-order valence-electron chi connectivity index (χ1n) is 10.4. The van der Waals surface area contributed by atoms with Crippen LogP contribution in [0.15, 0.2) is 42.5 Å². The van der Waals surface area contributed by atoms with E-state index in [1.807, 2.05) is 18.2 Å². The highest BCUT2D eigenvalue weighted by Gasteiger charge is 2.30. The molecule has 1 fully saturated rings. The van der Waals surface area contributed by atoms with Crippen molar-refractivity contribution in [2.75, 3.05) is 25.5 Å². The Balaban J connectivity index is 1.67. The number of likely N-dealkylation sites (tertiary alicyclic amines) is 1. The van der Waals surface area contributed by atoms with Gasteiger partial charge in [0.05, 0.1) is 17.0 Å². The third kappa shape index (κ3) is 4.20. The van der Waals surface area contributed by atoms with E-state index >= 15 is 0 Å². The third-order valence-electron chi connectivity index (χ3n) is 5.77. The molecule has 168 valence electrons. The fourth-order valence-electron chi connectivity index (χ4n) is 4.04. The summed E-state index contributed by atoms with van der Waals surface area (Å²) in [6, 6.07) is 10.9. The molecule has 3 aromatic rings. The number of aromatic nitrogens is 2. The standard InChI is InChI=1S/C23H24F2N4O3/c1-28-10-8-17(22(28)32)14-6-7-19-18(13-14)26-23(29(19)9-3-11-30)27-21(31)16-5-2-4-15(12-16)20(24)25/h2,4-7,12-13,17,20,30H,3,8-11H2,1H3,(H,26,27,31). The summed E-state index contributed by atoms with van der Waals surface area (Å²) in [7, 11) is 1.78. The molecule has 2 amide bonds. The number of hydrogen-bond donors (Lipinski definition) is 2. The maximum atomic E-state index is 13.0. The van der Waals surface area contributed by atoms with Crippen molar-refractivity contribution < 1.29 is 23.5 Å². The number of anilines is 1. The van der Waals surface area contributed by atoms with Crippen LogP contribution >= 0.6 is 0 Å². The number of nitrogens with zero attached hydrogens (tertiary/aromatic N) is 3. The van der Waals surface area contributed by atoms with E-state index in [0.29, 0.717) is 25.0 Å². The molecule has 0 aliphatic carbocycles. The Labute approximate surface area is 183 Å². The van der Waals surface area contributed by atoms with E-state index in [2.05, 4.69) is 10.3 Å². The highest BCUT2D eigenvalue weighted by molar-refractivity contribution is 6.04. The molecule has 2 heterocycles. The predicted octanol–water partition coefficient (Wildman–Crippen LogP) is 3.55. The first-order chi connectivity index (χ1) is 15.4. The number of alkyl halides is 2. The van der Waals surface area contributed by atoms with Crippen LogP contribution in [0.25, 0.3) is 11.0 Å². The number of carbonyl (C=O) groups is 2. The summed E-state index contributed by atoms with van der Waals surface area (Å²) in [4.78, 5) is 31.4. The molecular formula is C23H24F2N4O3. The van der Waals surface area contributed by atoms with Gasteiger partial charge < -0.3 is 14.6 Å². The number of nitrogens with one attached hydrogen (secondary N) is 1. The number of imidazole rings is 1. The zero-order valence-corrected chi connectivity index (χ0v) is 17.6. The Morgan fingerprint density at radius 1 is 1.28 bits per heavy atom. The van der Waals surface area contributed by atoms with Gasteiger partial charge in [-0.15, -0.1) is 0 Å². The number of carbonyl (C=O) groups excluding carboxylic acids is 2. The maximum Gasteiger partial charge on any atom is 0.263 e. The fraction of sp³-hybridized carbons (Fsp3) is 0.348. The largest absolute Gasteiger partial charge is 0.396 e. The van der Waals surface area contributed by atoms with E-state index in [-0.39, 0.29) is 35.5 Å². The maximum absolute atomic E-state index is 13.0. The second kappa shape index (κ2) is 9.04. The van der Waals surface area contributed by atoms with Gasteiger partial charge in [0.1, 0.15) is 0 Å². The molecule has 1 unspecified atom stereocenters. The number of aliphatic hydroxyl groups excluding tert-OH is 1. The van der Waals surface area contributed by atoms with Gasteiger partial charge in [-0.3, -0.25) is 14.9 Å². The third-order valence-corrected chi connectivity index (χ3v) is 5.77. The summed E-state index contributed by atoms with van der Waals surface area (Å²) in [5.41, 5.74) is 2.09. The van der Waals surface area contributed by atoms with Crippen molar-refractivity contribution in [1.82, 2.24) is 14.5 Å². The Morgan fingerprint density at radius 3 is 2.78 bits per heavy atom. The normalized spacial score (nSPS) is 16.3. The Hall–Kier alpha value is -3.33. The van der Waals surface area contributed by atoms with Crippen LogP contribution < -0.4 is 5.32 Å². The van der Waals surface area contributed by atoms with E-state index in [0.717, 1.165) is 23.6 Å². The van der Waals surface area contributed by atoms with E-state index < -0.39 is 12.3 Å². The van der Waals surface area contributed by atoms with Crippen LogP contribution in [0, 0.1) is 0 Å². The number of fused-ring (bicyclic) bond motifs is 1. The monoisotopic (exact) mass is 442 g/mol. The first kappa shape index (κ1) is 21.9. The minimum Gasteiger partial charge on any atom is -0.396 e. The summed E-state index contributed by atoms with van der Waals surface area (Å²) < 4.78 is 27.8. The summed E-state index contributed by atoms with van der Waals surface area (Å²) in [5.74, 6) is -0.451. The van der Waals surface area contributed by atoms with Crippen molar-refractivity contribution in [3.05, 3.63) is 59.2 Å². The molecule has 0 radical (unpaired) electrons. The van der Waals surface area contributed by atoms with E-state index in [4.69, 9.17) is 0 Å². The van der Waals surface area contributed by atoms with Gasteiger partial charge in [-0.05, 0) is 42.7 Å². The van der Waals surface area contributed by atoms with E-state index in [1.165, 1.54) is 18.2 Å². The van der Waals surface area contributed by atoms with E-state index in [1.54, 1.807) is 16.5 Å². The molecule has 32 heavy (non-hydrogen) atoms. The quantitative estimate of drug-likeness (QED) is 0.586. The Morgan fingerprint density at radius 2 is 2.09 bits per heavy atom. The predicted molar refractivity (Wildman–Crippen MR) is 116 cm³/mol. The molecule has 7 nitrogen and oxygen atoms in total. The number of aliphatic hydroxyl groups is 1. The van der Waals surface area contributed by atoms with Gasteiger partial charge in [-0.1, -0.05) is 18.2 Å². The smallest absolute Gasteiger partial charge is 0.263 e. The summed E-state index contributed by atoms with van der Waals surface area (Å²) in [5, 5.41) is 12.0. The zero-order chi connectivity index (χ0) is 22.8. The molecule has 4 rings (SSSR count). The van der Waals surface area contributed by atoms with Crippen LogP contribution in [0.1, 0.15) is 46.7 Å². The van der Waals surface area contributed by atoms with Crippen molar-refractivity contribution in [3.63, 3.8) is 0 Å². The SMILES string of the molecule is CN1CCC(c2ccc3c(c2)nc(NC(=O)c2cccc(C(F)F)c2)n3CCCO)C1=O. The molecule has 1 aliphatic rings. The van der Waals surface area contributed by atoms with Gasteiger partial charge in [0.2, 0.25) is 11.9 Å². The van der Waals surface area contributed by atoms with Crippen molar-refractivity contribution in [2.45, 2.75) is 31.7 Å². The second-order valence-corrected chi connectivity index (χ2v) is 7.89. The first-order valence-corrected chi connectivity index (χ1v) is 10.4. The number of rotatable bonds is 7. The number of hydrogen-bond acceptors (Lipinski definition) is 4. The van der Waals surface area contributed by atoms with Crippen LogP contribution in [0.5, 0.6) is 0 Å². The van der Waals surface area contributed by atoms with Gasteiger partial charge in [0.15, 0.2) is 0 Å². The van der Waals surface area contributed by atoms with Crippen molar-refractivity contribution in [2.24, 2.45) is 0 Å². The lowest BCUT2D eigenvalue weighted by molar-refractivity contribution is -0.127. The molecule has 0 spiro atoms. The van der Waals surface area contributed by atoms with Crippen molar-refractivity contribution in [1.29, 1.82) is 0 Å². The Bertz CT molecular complexity index is 1160. The summed E-state index contributed by atoms with van der Waals surface area (Å²) in [6.07, 6.45) is -1.49. The van der Waals surface area contributed by atoms with Gasteiger partial charge in [-0.25, -0.2) is 13.8 Å². The molecule has 1 saturated heterocycles. The highest BCUT2D eigenvalue weighted by Crippen LogP contribution is 2.31. The molecule has 1 aliphatic heterocycles. The van der Waals surface area contributed by atoms with Crippen LogP contribution in [0.4, 0.5) is 14.7 Å². The molecule has 1 aromatic heterocycles. The lowest BCUT2D eigenvalue weighted by atomic mass is 9.97. The topological polar surface area (TPSA) is 87.5 Å². The fourth-order valence-corrected chi connectivity index (χ4v) is 4.04. The number of halogens is 2. The molecule has 1 atom stereocenters. The molecule has 9 heteroatoms. The summed E-state index contributed by atoms with van der Waals surface area (Å²) in [6.45, 7) is 1.07. The van der Waals surface area contributed by atoms with Crippen LogP contribution in [0.2, 0.25) is 0 Å². The van der Waals surface area contributed by atoms with Gasteiger partial charge in [0, 0.05) is 37.9 Å². The minimum atomic E-state index is -2.67. The average molecular weight is 442 g/mol. The van der Waals surface area contributed by atoms with Gasteiger partial charge in [0.25, 0.3) is 12.3 Å². The number of aryl methyl sites for hydroxylation is 1. The molecule has 0 saturated carbocycles. The molecule has 2 aromatic carbocycles. The van der Waals surface area contributed by atoms with Crippen LogP contribution in [-0.2, 0) is 11.3 Å². The van der Waals surface area contributed by atoms with Gasteiger partial charge in [-0.2, -0.15) is 0 Å². The number of likely N-dealkylation sites (N-methyl/N-ethyl adjacent to an activating group) is 1. The average Bonchev–Trinajstić information content (AvgIpc) is 3.30.